The van der Waals surface area contributed by atoms with Gasteiger partial charge < -0.3 is 20.6 Å². The molecule has 6 nitrogen and oxygen atoms in total. The molecule has 38 heavy (non-hydrogen) atoms. The van der Waals surface area contributed by atoms with Gasteiger partial charge in [0.05, 0.1) is 35.9 Å². The molecule has 8 rings (SSSR count). The lowest BCUT2D eigenvalue weighted by atomic mass is 9.82. The number of hydrogen-bond donors (Lipinski definition) is 4. The molecule has 3 fully saturated rings. The number of hydrogen-bond acceptors (Lipinski definition) is 4. The van der Waals surface area contributed by atoms with Crippen LogP contribution in [0.3, 0.4) is 0 Å². The van der Waals surface area contributed by atoms with Crippen molar-refractivity contribution in [1.29, 1.82) is 0 Å². The number of benzene rings is 2. The monoisotopic (exact) mass is 508 g/mol. The maximum Gasteiger partial charge on any atom is 0.123 e. The first-order valence-electron chi connectivity index (χ1n) is 14.2. The van der Waals surface area contributed by atoms with Gasteiger partial charge in [-0.2, -0.15) is 0 Å². The highest BCUT2D eigenvalue weighted by molar-refractivity contribution is 5.80. The first kappa shape index (κ1) is 22.7. The molecule has 2 aliphatic heterocycles. The maximum absolute atomic E-state index is 13.8. The number of halogens is 1. The molecule has 194 valence electrons. The van der Waals surface area contributed by atoms with Crippen LogP contribution in [0.1, 0.15) is 85.2 Å². The van der Waals surface area contributed by atoms with Gasteiger partial charge in [-0.1, -0.05) is 36.4 Å². The summed E-state index contributed by atoms with van der Waals surface area (Å²) in [7, 11) is 0. The quantitative estimate of drug-likeness (QED) is 0.255. The second kappa shape index (κ2) is 8.89. The Bertz CT molecular complexity index is 1480. The minimum Gasteiger partial charge on any atom is -0.341 e. The average Bonchev–Trinajstić information content (AvgIpc) is 3.78. The molecule has 4 aliphatic rings. The van der Waals surface area contributed by atoms with E-state index in [4.69, 9.17) is 0 Å². The van der Waals surface area contributed by atoms with Gasteiger partial charge >= 0.3 is 0 Å². The van der Waals surface area contributed by atoms with Crippen LogP contribution < -0.4 is 10.6 Å². The number of aromatic nitrogens is 4. The molecule has 4 N–H and O–H groups in total. The van der Waals surface area contributed by atoms with Crippen LogP contribution in [-0.2, 0) is 0 Å². The van der Waals surface area contributed by atoms with Crippen molar-refractivity contribution < 1.29 is 4.39 Å². The van der Waals surface area contributed by atoms with E-state index in [0.29, 0.717) is 30.8 Å². The summed E-state index contributed by atoms with van der Waals surface area (Å²) in [5.74, 6) is 3.14. The van der Waals surface area contributed by atoms with E-state index < -0.39 is 6.17 Å². The van der Waals surface area contributed by atoms with E-state index in [1.165, 1.54) is 59.1 Å². The number of H-pyrrole nitrogens is 2. The molecule has 2 saturated heterocycles. The van der Waals surface area contributed by atoms with E-state index in [1.807, 2.05) is 12.4 Å². The number of aromatic amines is 2. The van der Waals surface area contributed by atoms with Crippen molar-refractivity contribution in [3.8, 4) is 33.6 Å². The van der Waals surface area contributed by atoms with Crippen LogP contribution in [0.15, 0.2) is 48.8 Å². The Labute approximate surface area is 221 Å². The lowest BCUT2D eigenvalue weighted by Crippen LogP contribution is -2.15. The zero-order chi connectivity index (χ0) is 25.2. The highest BCUT2D eigenvalue weighted by atomic mass is 19.1. The Kier molecular flexibility index (Phi) is 5.30. The number of fused-ring (bicyclic) bond motifs is 5. The summed E-state index contributed by atoms with van der Waals surface area (Å²) >= 11 is 0. The molecule has 4 unspecified atom stereocenters. The number of rotatable bonds is 5. The third-order valence-corrected chi connectivity index (χ3v) is 9.32. The molecule has 2 bridgehead atoms. The Hall–Kier alpha value is -3.29. The van der Waals surface area contributed by atoms with Gasteiger partial charge in [-0.15, -0.1) is 0 Å². The molecular weight excluding hydrogens is 475 g/mol. The molecule has 2 aliphatic carbocycles. The lowest BCUT2D eigenvalue weighted by Gasteiger charge is -2.22. The zero-order valence-corrected chi connectivity index (χ0v) is 21.4. The maximum atomic E-state index is 13.8. The van der Waals surface area contributed by atoms with E-state index >= 15 is 0 Å². The van der Waals surface area contributed by atoms with Crippen LogP contribution in [0.2, 0.25) is 0 Å². The SMILES string of the molecule is FC1CNC(c2ncc(-c3ccc(-c4ccc(-c5cnc([C@@H]6CCCN6)[nH]5)cc4)c4c3C3CCC4C3)[nH]2)C1. The summed E-state index contributed by atoms with van der Waals surface area (Å²) < 4.78 is 13.8. The van der Waals surface area contributed by atoms with Crippen molar-refractivity contribution in [2.75, 3.05) is 13.1 Å². The van der Waals surface area contributed by atoms with E-state index in [2.05, 4.69) is 67.0 Å². The van der Waals surface area contributed by atoms with Crippen LogP contribution in [0.5, 0.6) is 0 Å². The van der Waals surface area contributed by atoms with Gasteiger partial charge in [0, 0.05) is 18.5 Å². The Morgan fingerprint density at radius 3 is 2.11 bits per heavy atom. The fraction of sp³-hybridized carbons (Fsp3) is 0.419. The van der Waals surface area contributed by atoms with Crippen LogP contribution in [0, 0.1) is 0 Å². The first-order valence-corrected chi connectivity index (χ1v) is 14.2. The van der Waals surface area contributed by atoms with E-state index in [0.717, 1.165) is 36.0 Å². The van der Waals surface area contributed by atoms with Crippen molar-refractivity contribution in [2.24, 2.45) is 0 Å². The number of alkyl halides is 1. The molecule has 2 aromatic heterocycles. The van der Waals surface area contributed by atoms with Gasteiger partial charge in [0.2, 0.25) is 0 Å². The normalized spacial score (nSPS) is 27.9. The van der Waals surface area contributed by atoms with Crippen LogP contribution in [0.4, 0.5) is 4.39 Å². The van der Waals surface area contributed by atoms with Gasteiger partial charge in [0.15, 0.2) is 0 Å². The van der Waals surface area contributed by atoms with E-state index in [-0.39, 0.29) is 6.04 Å². The van der Waals surface area contributed by atoms with Crippen molar-refractivity contribution in [2.45, 2.75) is 68.6 Å². The smallest absolute Gasteiger partial charge is 0.123 e. The van der Waals surface area contributed by atoms with Gasteiger partial charge in [0.25, 0.3) is 0 Å². The van der Waals surface area contributed by atoms with Crippen LogP contribution >= 0.6 is 0 Å². The number of nitrogens with one attached hydrogen (secondary N) is 4. The summed E-state index contributed by atoms with van der Waals surface area (Å²) in [6, 6.07) is 13.9. The number of nitrogens with zero attached hydrogens (tertiary/aromatic N) is 2. The summed E-state index contributed by atoms with van der Waals surface area (Å²) in [5, 5.41) is 6.77. The molecule has 1 saturated carbocycles. The molecule has 0 spiro atoms. The van der Waals surface area contributed by atoms with Crippen LogP contribution in [-0.4, -0.2) is 39.2 Å². The van der Waals surface area contributed by atoms with Crippen molar-refractivity contribution in [3.63, 3.8) is 0 Å². The molecule has 2 aromatic carbocycles. The zero-order valence-electron chi connectivity index (χ0n) is 21.4. The molecule has 0 amide bonds. The third-order valence-electron chi connectivity index (χ3n) is 9.32. The van der Waals surface area contributed by atoms with Gasteiger partial charge in [-0.3, -0.25) is 0 Å². The molecule has 0 radical (unpaired) electrons. The number of imidazole rings is 2. The van der Waals surface area contributed by atoms with Crippen molar-refractivity contribution in [1.82, 2.24) is 30.6 Å². The average molecular weight is 509 g/mol. The summed E-state index contributed by atoms with van der Waals surface area (Å²) in [6.45, 7) is 1.48. The van der Waals surface area contributed by atoms with E-state index in [9.17, 15) is 4.39 Å². The minimum atomic E-state index is -0.793. The Morgan fingerprint density at radius 1 is 0.684 bits per heavy atom. The predicted molar refractivity (Wildman–Crippen MR) is 147 cm³/mol. The largest absolute Gasteiger partial charge is 0.341 e. The fourth-order valence-electron chi connectivity index (χ4n) is 7.47. The lowest BCUT2D eigenvalue weighted by molar-refractivity contribution is 0.355. The van der Waals surface area contributed by atoms with Gasteiger partial charge in [-0.05, 0) is 78.3 Å². The Morgan fingerprint density at radius 2 is 1.37 bits per heavy atom. The second-order valence-corrected chi connectivity index (χ2v) is 11.6. The molecular formula is C31H33FN6. The molecule has 4 heterocycles. The van der Waals surface area contributed by atoms with Crippen LogP contribution in [0.25, 0.3) is 33.6 Å². The summed E-state index contributed by atoms with van der Waals surface area (Å²) in [4.78, 5) is 16.4. The van der Waals surface area contributed by atoms with Crippen molar-refractivity contribution in [3.05, 3.63) is 71.6 Å². The highest BCUT2D eigenvalue weighted by Gasteiger charge is 2.40. The standard InChI is InChI=1S/C31H33FN6/c32-21-13-25(34-14-21)31-36-16-27(38-31)23-10-9-22(28-19-7-8-20(12-19)29(23)28)17-3-5-18(6-4-17)26-15-35-30(37-26)24-2-1-11-33-24/h3-6,9-10,15-16,19-21,24-25,33-34H,1-2,7-8,11-14H2,(H,35,37)(H,36,38)/t19?,20?,21?,24-,25?/m0/s1. The Balaban J connectivity index is 1.12. The van der Waals surface area contributed by atoms with Gasteiger partial charge in [0.1, 0.15) is 17.8 Å². The third kappa shape index (κ3) is 3.67. The summed E-state index contributed by atoms with van der Waals surface area (Å²) in [6.07, 6.45) is 9.74. The fourth-order valence-corrected chi connectivity index (χ4v) is 7.47. The highest BCUT2D eigenvalue weighted by Crippen LogP contribution is 2.58. The molecule has 5 atom stereocenters. The molecule has 4 aromatic rings. The molecule has 7 heteroatoms. The van der Waals surface area contributed by atoms with E-state index in [1.54, 1.807) is 0 Å². The first-order chi connectivity index (χ1) is 18.7. The topological polar surface area (TPSA) is 81.4 Å². The van der Waals surface area contributed by atoms with Crippen molar-refractivity contribution >= 4 is 0 Å². The summed E-state index contributed by atoms with van der Waals surface area (Å²) in [5.41, 5.74) is 10.2. The van der Waals surface area contributed by atoms with Gasteiger partial charge in [-0.25, -0.2) is 14.4 Å². The predicted octanol–water partition coefficient (Wildman–Crippen LogP) is 6.30. The second-order valence-electron chi connectivity index (χ2n) is 11.6. The minimum absolute atomic E-state index is 0.0265.